The van der Waals surface area contributed by atoms with E-state index in [9.17, 15) is 9.59 Å². The molecule has 0 unspecified atom stereocenters. The molecule has 1 aromatic heterocycles. The Labute approximate surface area is 199 Å². The molecule has 0 saturated carbocycles. The third-order valence-corrected chi connectivity index (χ3v) is 6.43. The number of fused-ring (bicyclic) bond motifs is 1. The summed E-state index contributed by atoms with van der Waals surface area (Å²) < 4.78 is 1.61. The van der Waals surface area contributed by atoms with Gasteiger partial charge in [0.1, 0.15) is 11.5 Å². The third-order valence-electron chi connectivity index (χ3n) is 6.43. The van der Waals surface area contributed by atoms with Crippen LogP contribution in [0.2, 0.25) is 0 Å². The highest BCUT2D eigenvalue weighted by atomic mass is 35.5. The smallest absolute Gasteiger partial charge is 0.272 e. The Kier molecular flexibility index (Phi) is 6.93. The number of nitrogens with two attached hydrogens (primary N) is 1. The fourth-order valence-electron chi connectivity index (χ4n) is 4.33. The van der Waals surface area contributed by atoms with Crippen molar-refractivity contribution < 1.29 is 4.79 Å². The van der Waals surface area contributed by atoms with Crippen LogP contribution in [0.4, 0.5) is 0 Å². The van der Waals surface area contributed by atoms with E-state index in [2.05, 4.69) is 0 Å². The van der Waals surface area contributed by atoms with E-state index in [0.717, 1.165) is 42.6 Å². The van der Waals surface area contributed by atoms with Gasteiger partial charge in [-0.15, -0.1) is 12.4 Å². The van der Waals surface area contributed by atoms with Gasteiger partial charge in [0.05, 0.1) is 16.4 Å². The maximum atomic E-state index is 13.1. The molecule has 7 nitrogen and oxygen atoms in total. The molecule has 0 spiro atoms. The highest BCUT2D eigenvalue weighted by Crippen LogP contribution is 2.29. The van der Waals surface area contributed by atoms with Gasteiger partial charge in [0.25, 0.3) is 5.56 Å². The molecule has 2 heterocycles. The Morgan fingerprint density at radius 3 is 2.36 bits per heavy atom. The average molecular weight is 468 g/mol. The number of hydrogen-bond donors (Lipinski definition) is 2. The minimum absolute atomic E-state index is 0. The van der Waals surface area contributed by atoms with E-state index in [1.807, 2.05) is 49.1 Å². The van der Waals surface area contributed by atoms with Crippen LogP contribution in [0.5, 0.6) is 0 Å². The topological polar surface area (TPSA) is 105 Å². The standard InChI is InChI=1S/C25H29N5O2.ClH/c1-25(2,24(32)30-12-4-5-13-30)18-10-11-21-19(15-18)28-20(23(31)29(21)3)14-16-6-8-17(9-7-16)22(26)27;/h6-11,15H,4-5,12-14H2,1-3H3,(H3,26,27);1H. The summed E-state index contributed by atoms with van der Waals surface area (Å²) in [7, 11) is 1.74. The summed E-state index contributed by atoms with van der Waals surface area (Å²) in [6.07, 6.45) is 2.49. The number of carbonyl (C=O) groups is 1. The minimum atomic E-state index is -0.669. The lowest BCUT2D eigenvalue weighted by atomic mass is 9.83. The molecule has 1 amide bonds. The lowest BCUT2D eigenvalue weighted by Crippen LogP contribution is -2.42. The van der Waals surface area contributed by atoms with E-state index in [4.69, 9.17) is 16.1 Å². The van der Waals surface area contributed by atoms with Gasteiger partial charge in [-0.25, -0.2) is 4.98 Å². The first-order chi connectivity index (χ1) is 15.2. The van der Waals surface area contributed by atoms with Gasteiger partial charge in [-0.2, -0.15) is 0 Å². The summed E-state index contributed by atoms with van der Waals surface area (Å²) in [6.45, 7) is 5.53. The molecule has 0 bridgehead atoms. The highest BCUT2D eigenvalue weighted by molar-refractivity contribution is 5.94. The predicted molar refractivity (Wildman–Crippen MR) is 133 cm³/mol. The summed E-state index contributed by atoms with van der Waals surface area (Å²) in [5, 5.41) is 7.52. The van der Waals surface area contributed by atoms with Crippen LogP contribution < -0.4 is 11.3 Å². The van der Waals surface area contributed by atoms with Crippen LogP contribution in [0.15, 0.2) is 47.3 Å². The van der Waals surface area contributed by atoms with E-state index < -0.39 is 5.41 Å². The fraction of sp³-hybridized carbons (Fsp3) is 0.360. The number of halogens is 1. The molecular weight excluding hydrogens is 438 g/mol. The van der Waals surface area contributed by atoms with Crippen LogP contribution in [0, 0.1) is 5.41 Å². The molecule has 33 heavy (non-hydrogen) atoms. The molecule has 1 saturated heterocycles. The van der Waals surface area contributed by atoms with Gasteiger partial charge in [-0.05, 0) is 49.9 Å². The molecule has 3 N–H and O–H groups in total. The van der Waals surface area contributed by atoms with Crippen molar-refractivity contribution in [1.82, 2.24) is 14.5 Å². The number of rotatable bonds is 5. The molecule has 8 heteroatoms. The average Bonchev–Trinajstić information content (AvgIpc) is 3.31. The monoisotopic (exact) mass is 467 g/mol. The normalized spacial score (nSPS) is 13.7. The van der Waals surface area contributed by atoms with Crippen molar-refractivity contribution in [2.75, 3.05) is 13.1 Å². The number of nitrogens with zero attached hydrogens (tertiary/aromatic N) is 3. The first kappa shape index (κ1) is 24.5. The molecule has 174 valence electrons. The Bertz CT molecular complexity index is 1260. The highest BCUT2D eigenvalue weighted by Gasteiger charge is 2.35. The van der Waals surface area contributed by atoms with E-state index in [-0.39, 0.29) is 29.7 Å². The molecular formula is C25H30ClN5O2. The van der Waals surface area contributed by atoms with Crippen LogP contribution in [0.1, 0.15) is 49.1 Å². The quantitative estimate of drug-likeness (QED) is 0.444. The molecule has 0 radical (unpaired) electrons. The number of benzene rings is 2. The van der Waals surface area contributed by atoms with Crippen molar-refractivity contribution in [2.24, 2.45) is 12.8 Å². The zero-order valence-electron chi connectivity index (χ0n) is 19.2. The van der Waals surface area contributed by atoms with Crippen molar-refractivity contribution in [3.8, 4) is 0 Å². The van der Waals surface area contributed by atoms with Gasteiger partial charge in [-0.3, -0.25) is 15.0 Å². The van der Waals surface area contributed by atoms with Crippen LogP contribution in [0.25, 0.3) is 11.0 Å². The first-order valence-electron chi connectivity index (χ1n) is 10.9. The largest absolute Gasteiger partial charge is 0.384 e. The van der Waals surface area contributed by atoms with Crippen LogP contribution >= 0.6 is 12.4 Å². The van der Waals surface area contributed by atoms with Crippen molar-refractivity contribution >= 4 is 35.2 Å². The predicted octanol–water partition coefficient (Wildman–Crippen LogP) is 3.13. The number of carbonyl (C=O) groups excluding carboxylic acids is 1. The molecule has 3 aromatic rings. The summed E-state index contributed by atoms with van der Waals surface area (Å²) in [4.78, 5) is 32.7. The second-order valence-electron chi connectivity index (χ2n) is 9.04. The molecule has 1 fully saturated rings. The Hall–Kier alpha value is -3.19. The Morgan fingerprint density at radius 2 is 1.76 bits per heavy atom. The number of amidine groups is 1. The third kappa shape index (κ3) is 4.64. The fourth-order valence-corrected chi connectivity index (χ4v) is 4.33. The lowest BCUT2D eigenvalue weighted by molar-refractivity contribution is -0.135. The summed E-state index contributed by atoms with van der Waals surface area (Å²) >= 11 is 0. The number of nitrogens with one attached hydrogen (secondary N) is 1. The molecule has 1 aliphatic rings. The van der Waals surface area contributed by atoms with Crippen LogP contribution in [-0.4, -0.2) is 39.3 Å². The van der Waals surface area contributed by atoms with Gasteiger partial charge in [0.2, 0.25) is 5.91 Å². The summed E-state index contributed by atoms with van der Waals surface area (Å²) in [5.41, 5.74) is 9.03. The number of amides is 1. The van der Waals surface area contributed by atoms with Gasteiger partial charge >= 0.3 is 0 Å². The number of hydrogen-bond acceptors (Lipinski definition) is 4. The lowest BCUT2D eigenvalue weighted by Gasteiger charge is -2.29. The number of nitrogen functional groups attached to an aromatic ring is 1. The molecule has 2 aromatic carbocycles. The second-order valence-corrected chi connectivity index (χ2v) is 9.04. The minimum Gasteiger partial charge on any atom is -0.384 e. The van der Waals surface area contributed by atoms with Gasteiger partial charge in [-0.1, -0.05) is 30.3 Å². The van der Waals surface area contributed by atoms with E-state index in [1.54, 1.807) is 23.7 Å². The van der Waals surface area contributed by atoms with Gasteiger partial charge < -0.3 is 15.2 Å². The number of aromatic nitrogens is 2. The van der Waals surface area contributed by atoms with E-state index in [0.29, 0.717) is 23.2 Å². The zero-order valence-corrected chi connectivity index (χ0v) is 20.0. The van der Waals surface area contributed by atoms with Gasteiger partial charge in [0, 0.05) is 32.1 Å². The number of likely N-dealkylation sites (tertiary alicyclic amines) is 1. The van der Waals surface area contributed by atoms with E-state index >= 15 is 0 Å². The Balaban J connectivity index is 0.00000306. The molecule has 1 aliphatic heterocycles. The van der Waals surface area contributed by atoms with Crippen LogP contribution in [-0.2, 0) is 23.7 Å². The summed E-state index contributed by atoms with van der Waals surface area (Å²) in [6, 6.07) is 13.0. The number of aryl methyl sites for hydroxylation is 1. The van der Waals surface area contributed by atoms with Crippen molar-refractivity contribution in [3.63, 3.8) is 0 Å². The maximum Gasteiger partial charge on any atom is 0.272 e. The SMILES string of the molecule is Cl.Cn1c(=O)c(Cc2ccc(C(=N)N)cc2)nc2cc(C(C)(C)C(=O)N3CCCC3)ccc21. The maximum absolute atomic E-state index is 13.1. The van der Waals surface area contributed by atoms with Crippen molar-refractivity contribution in [2.45, 2.75) is 38.5 Å². The van der Waals surface area contributed by atoms with E-state index in [1.165, 1.54) is 0 Å². The molecule has 4 rings (SSSR count). The van der Waals surface area contributed by atoms with Gasteiger partial charge in [0.15, 0.2) is 0 Å². The molecule has 0 atom stereocenters. The van der Waals surface area contributed by atoms with Crippen LogP contribution in [0.3, 0.4) is 0 Å². The van der Waals surface area contributed by atoms with Crippen molar-refractivity contribution in [3.05, 3.63) is 75.2 Å². The summed E-state index contributed by atoms with van der Waals surface area (Å²) in [5.74, 6) is 0.139. The first-order valence-corrected chi connectivity index (χ1v) is 10.9. The second kappa shape index (κ2) is 9.35. The Morgan fingerprint density at radius 1 is 1.12 bits per heavy atom. The zero-order chi connectivity index (χ0) is 23.0. The van der Waals surface area contributed by atoms with Crippen molar-refractivity contribution in [1.29, 1.82) is 5.41 Å². The molecule has 0 aliphatic carbocycles.